The number of hydrogen-bond donors (Lipinski definition) is 1. The van der Waals surface area contributed by atoms with Crippen molar-refractivity contribution in [3.05, 3.63) is 65.7 Å². The molecule has 0 spiro atoms. The Labute approximate surface area is 90.8 Å². The first kappa shape index (κ1) is 9.78. The molecular weight excluding hydrogens is 182 g/mol. The molecule has 76 valence electrons. The van der Waals surface area contributed by atoms with Crippen LogP contribution in [-0.4, -0.2) is 7.05 Å². The molecule has 0 saturated heterocycles. The second-order valence-electron chi connectivity index (χ2n) is 3.57. The second kappa shape index (κ2) is 4.65. The van der Waals surface area contributed by atoms with Crippen LogP contribution < -0.4 is 5.32 Å². The van der Waals surface area contributed by atoms with Gasteiger partial charge in [0.2, 0.25) is 0 Å². The van der Waals surface area contributed by atoms with E-state index in [1.54, 1.807) is 0 Å². The quantitative estimate of drug-likeness (QED) is 0.796. The van der Waals surface area contributed by atoms with Gasteiger partial charge >= 0.3 is 0 Å². The zero-order valence-corrected chi connectivity index (χ0v) is 8.90. The molecule has 0 aliphatic carbocycles. The van der Waals surface area contributed by atoms with Crippen molar-refractivity contribution in [3.8, 4) is 0 Å². The van der Waals surface area contributed by atoms with Crippen LogP contribution in [0, 0.1) is 0 Å². The number of benzene rings is 2. The van der Waals surface area contributed by atoms with Gasteiger partial charge in [-0.3, -0.25) is 0 Å². The number of rotatable bonds is 3. The lowest BCUT2D eigenvalue weighted by Gasteiger charge is -2.08. The third-order valence-electron chi connectivity index (χ3n) is 2.52. The molecule has 1 nitrogen and oxygen atoms in total. The van der Waals surface area contributed by atoms with Crippen molar-refractivity contribution in [2.75, 3.05) is 12.4 Å². The van der Waals surface area contributed by atoms with Crippen molar-refractivity contribution < 1.29 is 0 Å². The Balaban J connectivity index is 2.24. The molecular formula is C14H15N. The minimum Gasteiger partial charge on any atom is -0.388 e. The highest BCUT2D eigenvalue weighted by Crippen LogP contribution is 2.18. The summed E-state index contributed by atoms with van der Waals surface area (Å²) >= 11 is 0. The van der Waals surface area contributed by atoms with Gasteiger partial charge in [0.15, 0.2) is 0 Å². The monoisotopic (exact) mass is 197 g/mol. The summed E-state index contributed by atoms with van der Waals surface area (Å²) in [5.74, 6) is 0. The fourth-order valence-corrected chi connectivity index (χ4v) is 1.73. The van der Waals surface area contributed by atoms with Gasteiger partial charge in [-0.05, 0) is 23.6 Å². The van der Waals surface area contributed by atoms with Gasteiger partial charge in [0.1, 0.15) is 0 Å². The Kier molecular flexibility index (Phi) is 3.03. The van der Waals surface area contributed by atoms with Crippen LogP contribution in [0.1, 0.15) is 11.1 Å². The molecule has 15 heavy (non-hydrogen) atoms. The average molecular weight is 197 g/mol. The first-order valence-electron chi connectivity index (χ1n) is 5.20. The van der Waals surface area contributed by atoms with E-state index in [0.717, 1.165) is 6.42 Å². The maximum Gasteiger partial charge on any atom is 0.0373 e. The highest BCUT2D eigenvalue weighted by Gasteiger charge is 2.00. The SMILES string of the molecule is CNc1ccccc1Cc1ccccc1. The lowest BCUT2D eigenvalue weighted by atomic mass is 10.0. The number of hydrogen-bond acceptors (Lipinski definition) is 1. The topological polar surface area (TPSA) is 12.0 Å². The lowest BCUT2D eigenvalue weighted by Crippen LogP contribution is -1.95. The van der Waals surface area contributed by atoms with Gasteiger partial charge in [-0.25, -0.2) is 0 Å². The molecule has 0 amide bonds. The first-order chi connectivity index (χ1) is 7.40. The summed E-state index contributed by atoms with van der Waals surface area (Å²) in [6.45, 7) is 0. The molecule has 0 aromatic heterocycles. The van der Waals surface area contributed by atoms with Crippen molar-refractivity contribution in [3.63, 3.8) is 0 Å². The summed E-state index contributed by atoms with van der Waals surface area (Å²) < 4.78 is 0. The van der Waals surface area contributed by atoms with E-state index in [0.29, 0.717) is 0 Å². The summed E-state index contributed by atoms with van der Waals surface area (Å²) in [6.07, 6.45) is 0.984. The molecule has 0 aliphatic rings. The Morgan fingerprint density at radius 2 is 1.53 bits per heavy atom. The molecule has 1 heteroatoms. The van der Waals surface area contributed by atoms with Gasteiger partial charge < -0.3 is 5.32 Å². The minimum absolute atomic E-state index is 0.984. The average Bonchev–Trinajstić information content (AvgIpc) is 2.31. The van der Waals surface area contributed by atoms with E-state index in [9.17, 15) is 0 Å². The third-order valence-corrected chi connectivity index (χ3v) is 2.52. The smallest absolute Gasteiger partial charge is 0.0373 e. The molecule has 1 N–H and O–H groups in total. The van der Waals surface area contributed by atoms with E-state index in [4.69, 9.17) is 0 Å². The summed E-state index contributed by atoms with van der Waals surface area (Å²) in [7, 11) is 1.96. The van der Waals surface area contributed by atoms with Crippen LogP contribution in [-0.2, 0) is 6.42 Å². The summed E-state index contributed by atoms with van der Waals surface area (Å²) in [6, 6.07) is 18.9. The lowest BCUT2D eigenvalue weighted by molar-refractivity contribution is 1.19. The van der Waals surface area contributed by atoms with E-state index in [1.807, 2.05) is 13.1 Å². The molecule has 2 aromatic carbocycles. The predicted molar refractivity (Wildman–Crippen MR) is 65.2 cm³/mol. The largest absolute Gasteiger partial charge is 0.388 e. The second-order valence-corrected chi connectivity index (χ2v) is 3.57. The Hall–Kier alpha value is -1.76. The standard InChI is InChI=1S/C14H15N/c1-15-14-10-6-5-9-13(14)11-12-7-3-2-4-8-12/h2-10,15H,11H2,1H3. The number of para-hydroxylation sites is 1. The van der Waals surface area contributed by atoms with E-state index in [1.165, 1.54) is 16.8 Å². The van der Waals surface area contributed by atoms with Crippen LogP contribution in [0.4, 0.5) is 5.69 Å². The van der Waals surface area contributed by atoms with Gasteiger partial charge in [0.25, 0.3) is 0 Å². The normalized spacial score (nSPS) is 9.93. The van der Waals surface area contributed by atoms with Crippen molar-refractivity contribution >= 4 is 5.69 Å². The van der Waals surface area contributed by atoms with Crippen LogP contribution in [0.3, 0.4) is 0 Å². The van der Waals surface area contributed by atoms with Crippen LogP contribution >= 0.6 is 0 Å². The Morgan fingerprint density at radius 1 is 0.867 bits per heavy atom. The van der Waals surface area contributed by atoms with Gasteiger partial charge in [-0.15, -0.1) is 0 Å². The minimum atomic E-state index is 0.984. The summed E-state index contributed by atoms with van der Waals surface area (Å²) in [5, 5.41) is 3.22. The molecule has 2 aromatic rings. The molecule has 0 atom stereocenters. The van der Waals surface area contributed by atoms with E-state index in [-0.39, 0.29) is 0 Å². The molecule has 0 aliphatic heterocycles. The molecule has 0 unspecified atom stereocenters. The molecule has 0 saturated carbocycles. The van der Waals surface area contributed by atoms with Crippen molar-refractivity contribution in [1.82, 2.24) is 0 Å². The van der Waals surface area contributed by atoms with Gasteiger partial charge in [-0.1, -0.05) is 48.5 Å². The Morgan fingerprint density at radius 3 is 2.27 bits per heavy atom. The van der Waals surface area contributed by atoms with Gasteiger partial charge in [0.05, 0.1) is 0 Å². The van der Waals surface area contributed by atoms with Crippen LogP contribution in [0.25, 0.3) is 0 Å². The Bertz CT molecular complexity index is 420. The molecule has 0 heterocycles. The summed E-state index contributed by atoms with van der Waals surface area (Å²) in [5.41, 5.74) is 3.90. The highest BCUT2D eigenvalue weighted by molar-refractivity contribution is 5.52. The van der Waals surface area contributed by atoms with Crippen molar-refractivity contribution in [1.29, 1.82) is 0 Å². The van der Waals surface area contributed by atoms with E-state index in [2.05, 4.69) is 53.8 Å². The zero-order chi connectivity index (χ0) is 10.5. The molecule has 0 bridgehead atoms. The van der Waals surface area contributed by atoms with E-state index < -0.39 is 0 Å². The van der Waals surface area contributed by atoms with Gasteiger partial charge in [-0.2, -0.15) is 0 Å². The molecule has 0 radical (unpaired) electrons. The van der Waals surface area contributed by atoms with Crippen molar-refractivity contribution in [2.24, 2.45) is 0 Å². The zero-order valence-electron chi connectivity index (χ0n) is 8.90. The molecule has 0 fully saturated rings. The van der Waals surface area contributed by atoms with Crippen LogP contribution in [0.15, 0.2) is 54.6 Å². The first-order valence-corrected chi connectivity index (χ1v) is 5.20. The van der Waals surface area contributed by atoms with Gasteiger partial charge in [0, 0.05) is 12.7 Å². The van der Waals surface area contributed by atoms with Crippen LogP contribution in [0.2, 0.25) is 0 Å². The highest BCUT2D eigenvalue weighted by atomic mass is 14.8. The maximum absolute atomic E-state index is 3.22. The van der Waals surface area contributed by atoms with Crippen molar-refractivity contribution in [2.45, 2.75) is 6.42 Å². The number of nitrogens with one attached hydrogen (secondary N) is 1. The maximum atomic E-state index is 3.22. The van der Waals surface area contributed by atoms with Crippen LogP contribution in [0.5, 0.6) is 0 Å². The third kappa shape index (κ3) is 2.38. The summed E-state index contributed by atoms with van der Waals surface area (Å²) in [4.78, 5) is 0. The fourth-order valence-electron chi connectivity index (χ4n) is 1.73. The van der Waals surface area contributed by atoms with E-state index >= 15 is 0 Å². The molecule has 2 rings (SSSR count). The fraction of sp³-hybridized carbons (Fsp3) is 0.143. The number of anilines is 1. The predicted octanol–water partition coefficient (Wildman–Crippen LogP) is 3.32.